The van der Waals surface area contributed by atoms with E-state index in [1.165, 1.54) is 0 Å². The first-order chi connectivity index (χ1) is 8.90. The van der Waals surface area contributed by atoms with Crippen LogP contribution in [-0.4, -0.2) is 22.4 Å². The minimum absolute atomic E-state index is 0.516. The van der Waals surface area contributed by atoms with Crippen LogP contribution in [-0.2, 0) is 17.4 Å². The minimum Gasteiger partial charge on any atom is -0.481 e. The van der Waals surface area contributed by atoms with E-state index in [0.717, 1.165) is 0 Å². The van der Waals surface area contributed by atoms with Gasteiger partial charge in [0, 0.05) is 0 Å². The van der Waals surface area contributed by atoms with Crippen LogP contribution in [0.25, 0.3) is 0 Å². The molecule has 0 fully saturated rings. The van der Waals surface area contributed by atoms with Crippen molar-refractivity contribution in [2.75, 3.05) is 0 Å². The van der Waals surface area contributed by atoms with Crippen LogP contribution in [0.3, 0.4) is 0 Å². The van der Waals surface area contributed by atoms with Gasteiger partial charge in [-0.2, -0.15) is 13.2 Å². The van der Waals surface area contributed by atoms with Gasteiger partial charge in [0.05, 0.1) is 17.1 Å². The summed E-state index contributed by atoms with van der Waals surface area (Å²) in [6.07, 6.45) is -11.6. The molecule has 0 aliphatic carbocycles. The summed E-state index contributed by atoms with van der Waals surface area (Å²) in [5.41, 5.74) is -2.53. The van der Waals surface area contributed by atoms with E-state index in [1.54, 1.807) is 0 Å². The molecule has 0 amide bonds. The van der Waals surface area contributed by atoms with Crippen molar-refractivity contribution in [2.24, 2.45) is 0 Å². The number of carbonyl (C=O) groups is 1. The molecule has 0 aliphatic heterocycles. The number of rotatable bonds is 3. The van der Waals surface area contributed by atoms with Crippen molar-refractivity contribution in [3.05, 3.63) is 22.3 Å². The van der Waals surface area contributed by atoms with Gasteiger partial charge in [0.25, 0.3) is 0 Å². The van der Waals surface area contributed by atoms with Crippen LogP contribution in [0.1, 0.15) is 11.3 Å². The molecular formula is C9H4ClF6NO3. The van der Waals surface area contributed by atoms with Gasteiger partial charge >= 0.3 is 18.5 Å². The van der Waals surface area contributed by atoms with E-state index in [2.05, 4.69) is 9.72 Å². The lowest BCUT2D eigenvalue weighted by Crippen LogP contribution is -2.22. The maximum absolute atomic E-state index is 12.6. The zero-order valence-corrected chi connectivity index (χ0v) is 9.90. The second kappa shape index (κ2) is 5.35. The van der Waals surface area contributed by atoms with Crippen molar-refractivity contribution in [3.63, 3.8) is 0 Å². The van der Waals surface area contributed by atoms with Gasteiger partial charge in [0.2, 0.25) is 5.88 Å². The highest BCUT2D eigenvalue weighted by Crippen LogP contribution is 2.41. The Morgan fingerprint density at radius 1 is 1.30 bits per heavy atom. The molecule has 1 heterocycles. The minimum atomic E-state index is -5.43. The molecule has 0 aliphatic rings. The van der Waals surface area contributed by atoms with Crippen LogP contribution in [0.2, 0.25) is 5.02 Å². The van der Waals surface area contributed by atoms with Crippen molar-refractivity contribution in [1.29, 1.82) is 0 Å². The summed E-state index contributed by atoms with van der Waals surface area (Å²) < 4.78 is 77.1. The topological polar surface area (TPSA) is 59.4 Å². The van der Waals surface area contributed by atoms with Crippen LogP contribution in [0.15, 0.2) is 6.07 Å². The Balaban J connectivity index is 3.40. The number of alkyl halides is 6. The quantitative estimate of drug-likeness (QED) is 0.867. The number of hydrogen-bond acceptors (Lipinski definition) is 3. The SMILES string of the molecule is O=C(O)Cc1cc(Cl)c(C(F)(F)F)c(OC(F)(F)F)n1. The Kier molecular flexibility index (Phi) is 4.37. The number of halogens is 7. The Bertz CT molecular complexity index is 528. The fraction of sp³-hybridized carbons (Fsp3) is 0.333. The van der Waals surface area contributed by atoms with E-state index < -0.39 is 47.1 Å². The highest BCUT2D eigenvalue weighted by molar-refractivity contribution is 6.31. The van der Waals surface area contributed by atoms with E-state index in [-0.39, 0.29) is 0 Å². The molecule has 112 valence electrons. The van der Waals surface area contributed by atoms with E-state index >= 15 is 0 Å². The van der Waals surface area contributed by atoms with Crippen LogP contribution >= 0.6 is 11.6 Å². The summed E-state index contributed by atoms with van der Waals surface area (Å²) in [6, 6.07) is 0.516. The van der Waals surface area contributed by atoms with Crippen LogP contribution in [0.5, 0.6) is 5.88 Å². The van der Waals surface area contributed by atoms with E-state index in [0.29, 0.717) is 6.07 Å². The lowest BCUT2D eigenvalue weighted by atomic mass is 10.2. The second-order valence-electron chi connectivity index (χ2n) is 3.39. The average Bonchev–Trinajstić information content (AvgIpc) is 2.08. The third-order valence-electron chi connectivity index (χ3n) is 1.82. The summed E-state index contributed by atoms with van der Waals surface area (Å²) in [4.78, 5) is 13.3. The largest absolute Gasteiger partial charge is 0.574 e. The standard InChI is InChI=1S/C9H4ClF6NO3/c10-4-1-3(2-5(18)19)17-7(20-9(14,15)16)6(4)8(11,12)13/h1H,2H2,(H,18,19). The second-order valence-corrected chi connectivity index (χ2v) is 3.80. The third-order valence-corrected chi connectivity index (χ3v) is 2.12. The van der Waals surface area contributed by atoms with Gasteiger partial charge < -0.3 is 9.84 Å². The molecule has 0 unspecified atom stereocenters. The van der Waals surface area contributed by atoms with Crippen molar-refractivity contribution in [1.82, 2.24) is 4.98 Å². The molecule has 0 aromatic carbocycles. The van der Waals surface area contributed by atoms with Gasteiger partial charge in [-0.25, -0.2) is 4.98 Å². The molecule has 0 saturated heterocycles. The molecule has 0 saturated carbocycles. The number of nitrogens with zero attached hydrogens (tertiary/aromatic N) is 1. The molecule has 1 rings (SSSR count). The van der Waals surface area contributed by atoms with E-state index in [4.69, 9.17) is 16.7 Å². The summed E-state index contributed by atoms with van der Waals surface area (Å²) in [5.74, 6) is -3.35. The molecule has 1 aromatic heterocycles. The van der Waals surface area contributed by atoms with Gasteiger partial charge in [0.1, 0.15) is 5.56 Å². The molecule has 20 heavy (non-hydrogen) atoms. The number of hydrogen-bond donors (Lipinski definition) is 1. The van der Waals surface area contributed by atoms with Crippen LogP contribution in [0.4, 0.5) is 26.3 Å². The molecule has 1 aromatic rings. The Hall–Kier alpha value is -1.71. The fourth-order valence-corrected chi connectivity index (χ4v) is 1.54. The molecular weight excluding hydrogens is 320 g/mol. The predicted molar refractivity (Wildman–Crippen MR) is 52.3 cm³/mol. The van der Waals surface area contributed by atoms with Gasteiger partial charge in [-0.3, -0.25) is 4.79 Å². The maximum Gasteiger partial charge on any atom is 0.574 e. The smallest absolute Gasteiger partial charge is 0.481 e. The van der Waals surface area contributed by atoms with Gasteiger partial charge in [-0.05, 0) is 6.07 Å². The zero-order valence-electron chi connectivity index (χ0n) is 9.14. The molecule has 0 bridgehead atoms. The van der Waals surface area contributed by atoms with Crippen molar-refractivity contribution >= 4 is 17.6 Å². The molecule has 11 heteroatoms. The normalized spacial score (nSPS) is 12.3. The molecule has 4 nitrogen and oxygen atoms in total. The van der Waals surface area contributed by atoms with Crippen molar-refractivity contribution < 1.29 is 41.0 Å². The fourth-order valence-electron chi connectivity index (χ4n) is 1.22. The first kappa shape index (κ1) is 16.3. The van der Waals surface area contributed by atoms with E-state index in [9.17, 15) is 31.1 Å². The number of carboxylic acids is 1. The summed E-state index contributed by atoms with van der Waals surface area (Å²) >= 11 is 5.23. The highest BCUT2D eigenvalue weighted by Gasteiger charge is 2.42. The lowest BCUT2D eigenvalue weighted by Gasteiger charge is -2.16. The van der Waals surface area contributed by atoms with Gasteiger partial charge in [-0.1, -0.05) is 11.6 Å². The van der Waals surface area contributed by atoms with Crippen molar-refractivity contribution in [2.45, 2.75) is 19.0 Å². The third kappa shape index (κ3) is 4.44. The number of carboxylic acid groups (broad SMARTS) is 1. The first-order valence-electron chi connectivity index (χ1n) is 4.64. The van der Waals surface area contributed by atoms with Gasteiger partial charge in [-0.15, -0.1) is 13.2 Å². The molecule has 0 atom stereocenters. The van der Waals surface area contributed by atoms with Crippen LogP contribution < -0.4 is 4.74 Å². The molecule has 0 spiro atoms. The maximum atomic E-state index is 12.6. The number of ether oxygens (including phenoxy) is 1. The zero-order chi connectivity index (χ0) is 15.7. The molecule has 1 N–H and O–H groups in total. The number of pyridine rings is 1. The Morgan fingerprint density at radius 3 is 2.25 bits per heavy atom. The highest BCUT2D eigenvalue weighted by atomic mass is 35.5. The van der Waals surface area contributed by atoms with Gasteiger partial charge in [0.15, 0.2) is 0 Å². The van der Waals surface area contributed by atoms with Crippen molar-refractivity contribution in [3.8, 4) is 5.88 Å². The van der Waals surface area contributed by atoms with E-state index in [1.807, 2.05) is 0 Å². The number of aromatic nitrogens is 1. The lowest BCUT2D eigenvalue weighted by molar-refractivity contribution is -0.277. The average molecular weight is 324 g/mol. The summed E-state index contributed by atoms with van der Waals surface area (Å²) in [6.45, 7) is 0. The van der Waals surface area contributed by atoms with Crippen LogP contribution in [0, 0.1) is 0 Å². The predicted octanol–water partition coefficient (Wildman–Crippen LogP) is 3.28. The summed E-state index contributed by atoms with van der Waals surface area (Å²) in [7, 11) is 0. The number of aliphatic carboxylic acids is 1. The Morgan fingerprint density at radius 2 is 1.85 bits per heavy atom. The Labute approximate surface area is 111 Å². The first-order valence-corrected chi connectivity index (χ1v) is 5.02. The molecule has 0 radical (unpaired) electrons. The summed E-state index contributed by atoms with van der Waals surface area (Å²) in [5, 5.41) is 7.31. The monoisotopic (exact) mass is 323 g/mol.